The van der Waals surface area contributed by atoms with Gasteiger partial charge in [0.05, 0.1) is 35.0 Å². The van der Waals surface area contributed by atoms with E-state index in [1.54, 1.807) is 22.7 Å². The Kier molecular flexibility index (Phi) is 15.2. The van der Waals surface area contributed by atoms with E-state index in [2.05, 4.69) is 63.3 Å². The molecule has 0 unspecified atom stereocenters. The molecule has 0 N–H and O–H groups in total. The summed E-state index contributed by atoms with van der Waals surface area (Å²) in [6.07, 6.45) is 4.67. The first-order valence-electron chi connectivity index (χ1n) is 18.1. The zero-order valence-electron chi connectivity index (χ0n) is 31.6. The van der Waals surface area contributed by atoms with Crippen LogP contribution in [0.1, 0.15) is 56.7 Å². The fourth-order valence-electron chi connectivity index (χ4n) is 6.82. The number of para-hydroxylation sites is 2. The van der Waals surface area contributed by atoms with Crippen molar-refractivity contribution >= 4 is 57.7 Å². The third-order valence-electron chi connectivity index (χ3n) is 9.42. The van der Waals surface area contributed by atoms with Crippen LogP contribution in [0.2, 0.25) is 8.67 Å². The molecule has 4 heterocycles. The van der Waals surface area contributed by atoms with E-state index in [-0.39, 0.29) is 23.7 Å². The molecule has 0 fully saturated rings. The molecule has 54 heavy (non-hydrogen) atoms. The second-order valence-corrected chi connectivity index (χ2v) is 17.4. The van der Waals surface area contributed by atoms with Gasteiger partial charge in [0, 0.05) is 58.9 Å². The van der Waals surface area contributed by atoms with Crippen LogP contribution < -0.4 is 9.47 Å². The lowest BCUT2D eigenvalue weighted by atomic mass is 9.88. The number of carbonyl (C=O) groups excluding carboxylic acids is 2. The monoisotopic (exact) mass is 808 g/mol. The molecule has 0 radical (unpaired) electrons. The Morgan fingerprint density at radius 2 is 1.09 bits per heavy atom. The number of hydrogen-bond donors (Lipinski definition) is 0. The van der Waals surface area contributed by atoms with Crippen LogP contribution in [-0.4, -0.2) is 99.0 Å². The summed E-state index contributed by atoms with van der Waals surface area (Å²) in [5.41, 5.74) is 4.59. The quantitative estimate of drug-likeness (QED) is 0.0938. The highest BCUT2D eigenvalue weighted by Gasteiger charge is 2.33. The van der Waals surface area contributed by atoms with Crippen molar-refractivity contribution < 1.29 is 19.1 Å². The van der Waals surface area contributed by atoms with Crippen molar-refractivity contribution in [1.29, 1.82) is 0 Å². The van der Waals surface area contributed by atoms with E-state index >= 15 is 0 Å². The Bertz CT molecular complexity index is 1770. The Labute approximate surface area is 338 Å². The summed E-state index contributed by atoms with van der Waals surface area (Å²) in [4.78, 5) is 34.7. The number of benzene rings is 2. The van der Waals surface area contributed by atoms with Gasteiger partial charge in [-0.05, 0) is 88.6 Å². The van der Waals surface area contributed by atoms with Gasteiger partial charge < -0.3 is 29.1 Å². The molecule has 2 aliphatic heterocycles. The molecular weight excluding hydrogens is 760 g/mol. The average Bonchev–Trinajstić information content (AvgIpc) is 3.74. The molecule has 8 nitrogen and oxygen atoms in total. The number of ether oxygens (including phenoxy) is 2. The van der Waals surface area contributed by atoms with Crippen LogP contribution in [0.5, 0.6) is 11.5 Å². The second-order valence-electron chi connectivity index (χ2n) is 13.9. The third kappa shape index (κ3) is 10.8. The van der Waals surface area contributed by atoms with Crippen LogP contribution in [0, 0.1) is 0 Å². The first-order valence-corrected chi connectivity index (χ1v) is 20.5. The fraction of sp³-hybridized carbons (Fsp3) is 0.381. The van der Waals surface area contributed by atoms with Gasteiger partial charge in [-0.25, -0.2) is 0 Å². The van der Waals surface area contributed by atoms with E-state index in [0.29, 0.717) is 39.4 Å². The SMILES string of the molecule is C=CC(=O)N1Cc2sc(Cl)cc2[C@@H](c2ccccc2OCCCN(C)C)C1.C=CC(=O)N1Cc2sc(Cl)cc2[C@H](c2ccccc2OCCCN(C)C)C1. The van der Waals surface area contributed by atoms with Crippen molar-refractivity contribution in [3.05, 3.63) is 127 Å². The van der Waals surface area contributed by atoms with Crippen molar-refractivity contribution in [2.45, 2.75) is 37.8 Å². The van der Waals surface area contributed by atoms with Crippen molar-refractivity contribution in [3.63, 3.8) is 0 Å². The number of amides is 2. The second kappa shape index (κ2) is 19.8. The maximum atomic E-state index is 12.3. The average molecular weight is 810 g/mol. The maximum Gasteiger partial charge on any atom is 0.246 e. The van der Waals surface area contributed by atoms with Gasteiger partial charge >= 0.3 is 0 Å². The lowest BCUT2D eigenvalue weighted by Crippen LogP contribution is -2.37. The topological polar surface area (TPSA) is 65.6 Å². The molecule has 0 bridgehead atoms. The number of rotatable bonds is 14. The molecule has 0 spiro atoms. The molecule has 0 saturated carbocycles. The number of nitrogens with zero attached hydrogens (tertiary/aromatic N) is 4. The molecule has 2 aromatic heterocycles. The van der Waals surface area contributed by atoms with Gasteiger partial charge in [0.2, 0.25) is 11.8 Å². The van der Waals surface area contributed by atoms with E-state index in [9.17, 15) is 9.59 Å². The summed E-state index contributed by atoms with van der Waals surface area (Å²) in [6.45, 7) is 12.9. The van der Waals surface area contributed by atoms with Crippen molar-refractivity contribution in [1.82, 2.24) is 19.6 Å². The van der Waals surface area contributed by atoms with Crippen LogP contribution in [-0.2, 0) is 22.7 Å². The van der Waals surface area contributed by atoms with Gasteiger partial charge in [0.25, 0.3) is 0 Å². The smallest absolute Gasteiger partial charge is 0.246 e. The molecule has 6 rings (SSSR count). The summed E-state index contributed by atoms with van der Waals surface area (Å²) in [7, 11) is 8.23. The zero-order valence-corrected chi connectivity index (χ0v) is 34.7. The molecule has 2 atom stereocenters. The standard InChI is InChI=1S/2C21H25ClN2O2S/c2*1-4-21(25)24-13-17(16-12-20(22)27-19(16)14-24)15-8-5-6-9-18(15)26-11-7-10-23(2)3/h2*4-6,8-9,12,17H,1,7,10-11,13-14H2,2-3H3/t2*17-/m10/s1. The van der Waals surface area contributed by atoms with E-state index in [0.717, 1.165) is 67.0 Å². The summed E-state index contributed by atoms with van der Waals surface area (Å²) < 4.78 is 13.7. The minimum atomic E-state index is -0.0560. The van der Waals surface area contributed by atoms with E-state index in [1.165, 1.54) is 23.3 Å². The summed E-state index contributed by atoms with van der Waals surface area (Å²) >= 11 is 15.7. The van der Waals surface area contributed by atoms with E-state index in [4.69, 9.17) is 32.7 Å². The fourth-order valence-corrected chi connectivity index (χ4v) is 9.53. The minimum Gasteiger partial charge on any atom is -0.493 e. The van der Waals surface area contributed by atoms with Crippen molar-refractivity contribution in [2.75, 3.05) is 67.6 Å². The van der Waals surface area contributed by atoms with Gasteiger partial charge in [-0.3, -0.25) is 9.59 Å². The van der Waals surface area contributed by atoms with Crippen LogP contribution in [0.15, 0.2) is 86.0 Å². The molecule has 4 aromatic rings. The first kappa shape index (κ1) is 41.5. The molecular formula is C42H50Cl2N4O4S2. The van der Waals surface area contributed by atoms with Gasteiger partial charge in [-0.1, -0.05) is 72.8 Å². The zero-order chi connectivity index (χ0) is 38.8. The molecule has 2 amide bonds. The lowest BCUT2D eigenvalue weighted by molar-refractivity contribution is -0.127. The van der Waals surface area contributed by atoms with Gasteiger partial charge in [0.1, 0.15) is 11.5 Å². The third-order valence-corrected chi connectivity index (χ3v) is 12.0. The summed E-state index contributed by atoms with van der Waals surface area (Å²) in [5, 5.41) is 0. The Morgan fingerprint density at radius 3 is 1.46 bits per heavy atom. The highest BCUT2D eigenvalue weighted by molar-refractivity contribution is 7.16. The highest BCUT2D eigenvalue weighted by Crippen LogP contribution is 2.44. The van der Waals surface area contributed by atoms with Crippen LogP contribution in [0.25, 0.3) is 0 Å². The molecule has 0 saturated heterocycles. The molecule has 288 valence electrons. The van der Waals surface area contributed by atoms with Gasteiger partial charge in [-0.15, -0.1) is 22.7 Å². The highest BCUT2D eigenvalue weighted by atomic mass is 35.5. The molecule has 2 aromatic carbocycles. The maximum absolute atomic E-state index is 12.3. The van der Waals surface area contributed by atoms with Crippen LogP contribution >= 0.6 is 45.9 Å². The number of carbonyl (C=O) groups is 2. The Morgan fingerprint density at radius 1 is 0.704 bits per heavy atom. The van der Waals surface area contributed by atoms with Crippen molar-refractivity contribution in [2.24, 2.45) is 0 Å². The van der Waals surface area contributed by atoms with Crippen LogP contribution in [0.4, 0.5) is 0 Å². The molecule has 0 aliphatic carbocycles. The predicted octanol–water partition coefficient (Wildman–Crippen LogP) is 8.78. The lowest BCUT2D eigenvalue weighted by Gasteiger charge is -2.33. The Balaban J connectivity index is 0.000000208. The molecule has 12 heteroatoms. The number of fused-ring (bicyclic) bond motifs is 2. The van der Waals surface area contributed by atoms with E-state index < -0.39 is 0 Å². The minimum absolute atomic E-state index is 0.0476. The predicted molar refractivity (Wildman–Crippen MR) is 224 cm³/mol. The number of thiophene rings is 2. The number of hydrogen-bond acceptors (Lipinski definition) is 8. The van der Waals surface area contributed by atoms with Gasteiger partial charge in [-0.2, -0.15) is 0 Å². The van der Waals surface area contributed by atoms with Gasteiger partial charge in [0.15, 0.2) is 0 Å². The van der Waals surface area contributed by atoms with E-state index in [1.807, 2.05) is 58.3 Å². The van der Waals surface area contributed by atoms with Crippen molar-refractivity contribution in [3.8, 4) is 11.5 Å². The molecule has 2 aliphatic rings. The number of halogens is 2. The summed E-state index contributed by atoms with van der Waals surface area (Å²) in [6, 6.07) is 20.3. The largest absolute Gasteiger partial charge is 0.493 e. The normalized spacial score (nSPS) is 16.3. The Hall–Kier alpha value is -3.64. The van der Waals surface area contributed by atoms with Crippen LogP contribution in [0.3, 0.4) is 0 Å². The first-order chi connectivity index (χ1) is 26.0. The summed E-state index contributed by atoms with van der Waals surface area (Å²) in [5.74, 6) is 1.74.